The topological polar surface area (TPSA) is 119 Å². The Morgan fingerprint density at radius 2 is 1.86 bits per heavy atom. The second kappa shape index (κ2) is 12.2. The van der Waals surface area contributed by atoms with E-state index in [1.165, 1.54) is 0 Å². The standard InChI is InChI=1S/C32H36FN5O4/c1-5-39-23-16-27(30(33)28(17-23)42-20(2)3)38(22-12-10-21(11-13-22)31(34)35)19-29-36-18-26(37-29)24-8-6-7-9-25(24)32(4)40-14-15-41-32/h6-13,16-18,20H,5,14-15,19H2,1-4H3,(H3,34,35)(H,36,37). The zero-order valence-electron chi connectivity index (χ0n) is 24.2. The molecule has 42 heavy (non-hydrogen) atoms. The largest absolute Gasteiger partial charge is 0.494 e. The Morgan fingerprint density at radius 3 is 2.52 bits per heavy atom. The number of aromatic nitrogens is 2. The molecule has 4 aromatic rings. The van der Waals surface area contributed by atoms with Crippen molar-refractivity contribution in [2.75, 3.05) is 24.7 Å². The Bertz CT molecular complexity index is 1550. The zero-order valence-corrected chi connectivity index (χ0v) is 24.2. The molecule has 10 heteroatoms. The number of benzene rings is 3. The van der Waals surface area contributed by atoms with Crippen LogP contribution in [0.2, 0.25) is 0 Å². The number of halogens is 1. The van der Waals surface area contributed by atoms with Crippen molar-refractivity contribution in [3.05, 3.63) is 89.6 Å². The fraction of sp³-hybridized carbons (Fsp3) is 0.312. The molecule has 0 saturated carbocycles. The van der Waals surface area contributed by atoms with E-state index in [2.05, 4.69) is 4.98 Å². The van der Waals surface area contributed by atoms with E-state index in [0.717, 1.165) is 11.1 Å². The van der Waals surface area contributed by atoms with Crippen LogP contribution < -0.4 is 20.1 Å². The van der Waals surface area contributed by atoms with Crippen LogP contribution in [0.3, 0.4) is 0 Å². The molecule has 0 atom stereocenters. The van der Waals surface area contributed by atoms with Crippen molar-refractivity contribution >= 4 is 17.2 Å². The van der Waals surface area contributed by atoms with E-state index in [9.17, 15) is 0 Å². The number of nitrogens with two attached hydrogens (primary N) is 1. The number of rotatable bonds is 11. The van der Waals surface area contributed by atoms with Gasteiger partial charge in [-0.15, -0.1) is 0 Å². The number of amidine groups is 1. The molecule has 0 spiro atoms. The maximum absolute atomic E-state index is 16.1. The molecule has 4 N–H and O–H groups in total. The number of imidazole rings is 1. The SMILES string of the molecule is CCOc1cc(OC(C)C)c(F)c(N(Cc2nc(-c3ccccc3C3(C)OCCO3)c[nH]2)c2ccc(C(=N)N)cc2)c1. The number of aromatic amines is 1. The summed E-state index contributed by atoms with van der Waals surface area (Å²) in [5.41, 5.74) is 9.63. The molecule has 0 aliphatic carbocycles. The zero-order chi connectivity index (χ0) is 29.9. The monoisotopic (exact) mass is 573 g/mol. The summed E-state index contributed by atoms with van der Waals surface area (Å²) in [5, 5.41) is 7.77. The minimum Gasteiger partial charge on any atom is -0.494 e. The average molecular weight is 574 g/mol. The van der Waals surface area contributed by atoms with Crippen LogP contribution in [0.25, 0.3) is 11.3 Å². The molecule has 1 aliphatic rings. The summed E-state index contributed by atoms with van der Waals surface area (Å²) in [7, 11) is 0. The molecule has 1 aromatic heterocycles. The van der Waals surface area contributed by atoms with Gasteiger partial charge in [-0.1, -0.05) is 24.3 Å². The minimum absolute atomic E-state index is 0.0523. The van der Waals surface area contributed by atoms with Crippen molar-refractivity contribution in [1.29, 1.82) is 5.41 Å². The Kier molecular flexibility index (Phi) is 8.46. The lowest BCUT2D eigenvalue weighted by atomic mass is 9.98. The molecule has 0 radical (unpaired) electrons. The Morgan fingerprint density at radius 1 is 1.14 bits per heavy atom. The van der Waals surface area contributed by atoms with Gasteiger partial charge in [-0.3, -0.25) is 5.41 Å². The number of hydrogen-bond donors (Lipinski definition) is 3. The third kappa shape index (κ3) is 6.09. The summed E-state index contributed by atoms with van der Waals surface area (Å²) < 4.78 is 39.6. The Labute approximate surface area is 244 Å². The van der Waals surface area contributed by atoms with Crippen LogP contribution in [-0.2, 0) is 21.8 Å². The van der Waals surface area contributed by atoms with Crippen LogP contribution in [0.4, 0.5) is 15.8 Å². The molecule has 0 unspecified atom stereocenters. The van der Waals surface area contributed by atoms with Gasteiger partial charge in [0.1, 0.15) is 17.4 Å². The van der Waals surface area contributed by atoms with E-state index in [1.807, 2.05) is 58.2 Å². The van der Waals surface area contributed by atoms with Crippen LogP contribution in [0.5, 0.6) is 11.5 Å². The van der Waals surface area contributed by atoms with Gasteiger partial charge in [-0.25, -0.2) is 9.37 Å². The van der Waals surface area contributed by atoms with E-state index >= 15 is 4.39 Å². The predicted molar refractivity (Wildman–Crippen MR) is 160 cm³/mol. The number of H-pyrrole nitrogens is 1. The summed E-state index contributed by atoms with van der Waals surface area (Å²) in [5.74, 6) is -0.271. The molecule has 1 aliphatic heterocycles. The van der Waals surface area contributed by atoms with Gasteiger partial charge in [0.2, 0.25) is 0 Å². The highest BCUT2D eigenvalue weighted by molar-refractivity contribution is 5.95. The molecular formula is C32H36FN5O4. The molecule has 5 rings (SSSR count). The number of nitrogen functional groups attached to an aromatic ring is 1. The van der Waals surface area contributed by atoms with Gasteiger partial charge in [0.05, 0.1) is 43.9 Å². The third-order valence-electron chi connectivity index (χ3n) is 6.92. The maximum atomic E-state index is 16.1. The first-order valence-corrected chi connectivity index (χ1v) is 14.0. The van der Waals surface area contributed by atoms with Crippen molar-refractivity contribution in [3.63, 3.8) is 0 Å². The van der Waals surface area contributed by atoms with Gasteiger partial charge in [0.25, 0.3) is 0 Å². The smallest absolute Gasteiger partial charge is 0.192 e. The van der Waals surface area contributed by atoms with Gasteiger partial charge in [0, 0.05) is 40.7 Å². The van der Waals surface area contributed by atoms with Crippen molar-refractivity contribution < 1.29 is 23.3 Å². The van der Waals surface area contributed by atoms with Crippen molar-refractivity contribution in [1.82, 2.24) is 9.97 Å². The predicted octanol–water partition coefficient (Wildman–Crippen LogP) is 6.24. The highest BCUT2D eigenvalue weighted by Gasteiger charge is 2.35. The average Bonchev–Trinajstić information content (AvgIpc) is 3.63. The lowest BCUT2D eigenvalue weighted by Crippen LogP contribution is -2.23. The molecule has 3 aromatic carbocycles. The van der Waals surface area contributed by atoms with E-state index in [1.54, 1.807) is 41.3 Å². The van der Waals surface area contributed by atoms with E-state index in [0.29, 0.717) is 48.3 Å². The van der Waals surface area contributed by atoms with Crippen LogP contribution in [0, 0.1) is 11.2 Å². The van der Waals surface area contributed by atoms with Gasteiger partial charge in [0.15, 0.2) is 17.4 Å². The van der Waals surface area contributed by atoms with Gasteiger partial charge in [-0.2, -0.15) is 0 Å². The fourth-order valence-corrected chi connectivity index (χ4v) is 4.98. The van der Waals surface area contributed by atoms with Crippen LogP contribution in [0.15, 0.2) is 66.9 Å². The minimum atomic E-state index is -0.865. The molecule has 9 nitrogen and oxygen atoms in total. The fourth-order valence-electron chi connectivity index (χ4n) is 4.98. The second-order valence-electron chi connectivity index (χ2n) is 10.3. The number of nitrogens with zero attached hydrogens (tertiary/aromatic N) is 2. The molecule has 1 saturated heterocycles. The molecule has 220 valence electrons. The summed E-state index contributed by atoms with van der Waals surface area (Å²) in [6.45, 7) is 9.10. The molecule has 0 amide bonds. The van der Waals surface area contributed by atoms with Crippen molar-refractivity contribution in [3.8, 4) is 22.8 Å². The second-order valence-corrected chi connectivity index (χ2v) is 10.3. The molecule has 1 fully saturated rings. The summed E-state index contributed by atoms with van der Waals surface area (Å²) in [4.78, 5) is 9.94. The maximum Gasteiger partial charge on any atom is 0.192 e. The highest BCUT2D eigenvalue weighted by Crippen LogP contribution is 2.40. The van der Waals surface area contributed by atoms with Gasteiger partial charge < -0.3 is 34.6 Å². The van der Waals surface area contributed by atoms with Crippen LogP contribution >= 0.6 is 0 Å². The first-order valence-electron chi connectivity index (χ1n) is 14.0. The van der Waals surface area contributed by atoms with Gasteiger partial charge >= 0.3 is 0 Å². The Hall–Kier alpha value is -4.41. The lowest BCUT2D eigenvalue weighted by molar-refractivity contribution is -0.149. The van der Waals surface area contributed by atoms with Gasteiger partial charge in [-0.05, 0) is 52.0 Å². The van der Waals surface area contributed by atoms with Crippen molar-refractivity contribution in [2.45, 2.75) is 46.1 Å². The third-order valence-corrected chi connectivity index (χ3v) is 6.92. The molecule has 2 heterocycles. The number of nitrogens with one attached hydrogen (secondary N) is 2. The molecular weight excluding hydrogens is 537 g/mol. The van der Waals surface area contributed by atoms with Crippen LogP contribution in [-0.4, -0.2) is 41.7 Å². The van der Waals surface area contributed by atoms with Crippen LogP contribution in [0.1, 0.15) is 44.6 Å². The van der Waals surface area contributed by atoms with E-state index < -0.39 is 11.6 Å². The number of hydrogen-bond acceptors (Lipinski definition) is 7. The quantitative estimate of drug-likeness (QED) is 0.143. The first kappa shape index (κ1) is 29.1. The summed E-state index contributed by atoms with van der Waals surface area (Å²) >= 11 is 0. The molecule has 0 bridgehead atoms. The highest BCUT2D eigenvalue weighted by atomic mass is 19.1. The van der Waals surface area contributed by atoms with Crippen molar-refractivity contribution in [2.24, 2.45) is 5.73 Å². The summed E-state index contributed by atoms with van der Waals surface area (Å²) in [6, 6.07) is 18.1. The Balaban J connectivity index is 1.57. The first-order chi connectivity index (χ1) is 20.2. The normalized spacial score (nSPS) is 14.2. The van der Waals surface area contributed by atoms with E-state index in [-0.39, 0.29) is 29.9 Å². The number of anilines is 2. The van der Waals surface area contributed by atoms with E-state index in [4.69, 9.17) is 35.1 Å². The summed E-state index contributed by atoms with van der Waals surface area (Å²) in [6.07, 6.45) is 1.58. The number of ether oxygens (including phenoxy) is 4. The lowest BCUT2D eigenvalue weighted by Gasteiger charge is -2.27.